The van der Waals surface area contributed by atoms with E-state index >= 15 is 0 Å². The summed E-state index contributed by atoms with van der Waals surface area (Å²) < 4.78 is 0. The van der Waals surface area contributed by atoms with Gasteiger partial charge < -0.3 is 15.1 Å². The molecule has 1 heterocycles. The van der Waals surface area contributed by atoms with Crippen LogP contribution in [0.2, 0.25) is 0 Å². The Morgan fingerprint density at radius 1 is 1.19 bits per heavy atom. The maximum atomic E-state index is 5.49. The summed E-state index contributed by atoms with van der Waals surface area (Å²) in [6.45, 7) is 13.8. The van der Waals surface area contributed by atoms with E-state index in [0.29, 0.717) is 5.92 Å². The number of benzene rings is 1. The lowest BCUT2D eigenvalue weighted by Gasteiger charge is -2.38. The van der Waals surface area contributed by atoms with Crippen molar-refractivity contribution in [3.8, 4) is 0 Å². The van der Waals surface area contributed by atoms with Gasteiger partial charge in [0, 0.05) is 38.4 Å². The van der Waals surface area contributed by atoms with Gasteiger partial charge in [-0.25, -0.2) is 0 Å². The van der Waals surface area contributed by atoms with Crippen molar-refractivity contribution >= 4 is 23.0 Å². The van der Waals surface area contributed by atoms with Gasteiger partial charge in [-0.3, -0.25) is 0 Å². The number of aryl methyl sites for hydroxylation is 1. The predicted molar refractivity (Wildman–Crippen MR) is 95.1 cm³/mol. The molecule has 3 nitrogen and oxygen atoms in total. The van der Waals surface area contributed by atoms with E-state index in [9.17, 15) is 0 Å². The fraction of sp³-hybridized carbons (Fsp3) is 0.588. The zero-order valence-electron chi connectivity index (χ0n) is 13.6. The molecule has 1 aliphatic rings. The van der Waals surface area contributed by atoms with Crippen molar-refractivity contribution in [3.63, 3.8) is 0 Å². The first kappa shape index (κ1) is 16.1. The van der Waals surface area contributed by atoms with Crippen LogP contribution in [0.5, 0.6) is 0 Å². The molecule has 0 atom stereocenters. The van der Waals surface area contributed by atoms with Gasteiger partial charge in [0.25, 0.3) is 0 Å². The minimum absolute atomic E-state index is 0.624. The van der Waals surface area contributed by atoms with Crippen molar-refractivity contribution in [1.29, 1.82) is 0 Å². The van der Waals surface area contributed by atoms with Gasteiger partial charge >= 0.3 is 0 Å². The number of rotatable bonds is 3. The van der Waals surface area contributed by atoms with Crippen molar-refractivity contribution in [3.05, 3.63) is 29.3 Å². The smallest absolute Gasteiger partial charge is 0.169 e. The minimum Gasteiger partial charge on any atom is -0.368 e. The number of hydrogen-bond acceptors (Lipinski definition) is 2. The van der Waals surface area contributed by atoms with Crippen LogP contribution in [0.3, 0.4) is 0 Å². The van der Waals surface area contributed by atoms with Gasteiger partial charge in [0.15, 0.2) is 5.11 Å². The van der Waals surface area contributed by atoms with Crippen LogP contribution in [0.1, 0.15) is 25.0 Å². The summed E-state index contributed by atoms with van der Waals surface area (Å²) in [6, 6.07) is 6.56. The molecule has 2 rings (SSSR count). The highest BCUT2D eigenvalue weighted by molar-refractivity contribution is 7.80. The molecule has 4 heteroatoms. The van der Waals surface area contributed by atoms with Gasteiger partial charge in [-0.1, -0.05) is 26.0 Å². The van der Waals surface area contributed by atoms with Crippen LogP contribution in [0.25, 0.3) is 0 Å². The molecule has 0 amide bonds. The molecule has 1 aromatic carbocycles. The van der Waals surface area contributed by atoms with Gasteiger partial charge in [0.05, 0.1) is 0 Å². The van der Waals surface area contributed by atoms with Crippen molar-refractivity contribution in [2.75, 3.05) is 37.6 Å². The predicted octanol–water partition coefficient (Wildman–Crippen LogP) is 2.96. The Morgan fingerprint density at radius 2 is 1.86 bits per heavy atom. The SMILES string of the molecule is Cc1cccc(N2CCN(C(=S)NCC(C)C)CC2)c1C. The second-order valence-corrected chi connectivity index (χ2v) is 6.66. The Labute approximate surface area is 134 Å². The third-order valence-corrected chi connectivity index (χ3v) is 4.55. The van der Waals surface area contributed by atoms with Crippen LogP contribution >= 0.6 is 12.2 Å². The quantitative estimate of drug-likeness (QED) is 0.865. The second kappa shape index (κ2) is 7.12. The van der Waals surface area contributed by atoms with E-state index in [4.69, 9.17) is 12.2 Å². The Kier molecular flexibility index (Phi) is 5.45. The molecular formula is C17H27N3S. The van der Waals surface area contributed by atoms with E-state index in [1.165, 1.54) is 16.8 Å². The Hall–Kier alpha value is -1.29. The van der Waals surface area contributed by atoms with Gasteiger partial charge in [-0.15, -0.1) is 0 Å². The van der Waals surface area contributed by atoms with E-state index in [0.717, 1.165) is 37.8 Å². The lowest BCUT2D eigenvalue weighted by atomic mass is 10.1. The number of anilines is 1. The zero-order valence-corrected chi connectivity index (χ0v) is 14.5. The van der Waals surface area contributed by atoms with Gasteiger partial charge in [0.2, 0.25) is 0 Å². The van der Waals surface area contributed by atoms with Crippen LogP contribution in [-0.4, -0.2) is 42.7 Å². The highest BCUT2D eigenvalue weighted by Crippen LogP contribution is 2.23. The van der Waals surface area contributed by atoms with Gasteiger partial charge in [-0.2, -0.15) is 0 Å². The molecule has 21 heavy (non-hydrogen) atoms. The average Bonchev–Trinajstić information content (AvgIpc) is 2.48. The van der Waals surface area contributed by atoms with Crippen molar-refractivity contribution < 1.29 is 0 Å². The molecule has 1 fully saturated rings. The molecule has 0 spiro atoms. The summed E-state index contributed by atoms with van der Waals surface area (Å²) >= 11 is 5.49. The maximum absolute atomic E-state index is 5.49. The Balaban J connectivity index is 1.91. The van der Waals surface area contributed by atoms with E-state index in [2.05, 4.69) is 61.0 Å². The zero-order chi connectivity index (χ0) is 15.4. The van der Waals surface area contributed by atoms with Crippen molar-refractivity contribution in [2.45, 2.75) is 27.7 Å². The average molecular weight is 305 g/mol. The monoisotopic (exact) mass is 305 g/mol. The number of piperazine rings is 1. The molecular weight excluding hydrogens is 278 g/mol. The molecule has 0 radical (unpaired) electrons. The molecule has 0 bridgehead atoms. The van der Waals surface area contributed by atoms with Crippen molar-refractivity contribution in [2.24, 2.45) is 5.92 Å². The lowest BCUT2D eigenvalue weighted by molar-refractivity contribution is 0.377. The largest absolute Gasteiger partial charge is 0.368 e. The van der Waals surface area contributed by atoms with E-state index in [-0.39, 0.29) is 0 Å². The first-order valence-corrected chi connectivity index (χ1v) is 8.24. The summed E-state index contributed by atoms with van der Waals surface area (Å²) in [5.41, 5.74) is 4.13. The molecule has 1 aromatic rings. The molecule has 0 saturated carbocycles. The normalized spacial score (nSPS) is 15.5. The third kappa shape index (κ3) is 4.10. The third-order valence-electron chi connectivity index (χ3n) is 4.15. The van der Waals surface area contributed by atoms with Crippen molar-refractivity contribution in [1.82, 2.24) is 10.2 Å². The van der Waals surface area contributed by atoms with Crippen LogP contribution < -0.4 is 10.2 Å². The molecule has 1 saturated heterocycles. The van der Waals surface area contributed by atoms with E-state index in [1.54, 1.807) is 0 Å². The summed E-state index contributed by atoms with van der Waals surface area (Å²) in [5, 5.41) is 4.27. The fourth-order valence-corrected chi connectivity index (χ4v) is 2.90. The summed E-state index contributed by atoms with van der Waals surface area (Å²) in [7, 11) is 0. The Bertz CT molecular complexity index is 491. The first-order chi connectivity index (χ1) is 9.99. The standard InChI is InChI=1S/C17H27N3S/c1-13(2)12-18-17(21)20-10-8-19(9-11-20)16-7-5-6-14(3)15(16)4/h5-7,13H,8-12H2,1-4H3,(H,18,21). The first-order valence-electron chi connectivity index (χ1n) is 7.83. The summed E-state index contributed by atoms with van der Waals surface area (Å²) in [6.07, 6.45) is 0. The van der Waals surface area contributed by atoms with Gasteiger partial charge in [-0.05, 0) is 49.2 Å². The number of hydrogen-bond donors (Lipinski definition) is 1. The van der Waals surface area contributed by atoms with Crippen LogP contribution in [0.4, 0.5) is 5.69 Å². The van der Waals surface area contributed by atoms with Crippen LogP contribution in [0.15, 0.2) is 18.2 Å². The highest BCUT2D eigenvalue weighted by atomic mass is 32.1. The Morgan fingerprint density at radius 3 is 2.48 bits per heavy atom. The molecule has 0 unspecified atom stereocenters. The molecule has 1 aliphatic heterocycles. The molecule has 0 aromatic heterocycles. The minimum atomic E-state index is 0.624. The van der Waals surface area contributed by atoms with Crippen LogP contribution in [-0.2, 0) is 0 Å². The second-order valence-electron chi connectivity index (χ2n) is 6.27. The number of thiocarbonyl (C=S) groups is 1. The molecule has 116 valence electrons. The summed E-state index contributed by atoms with van der Waals surface area (Å²) in [5.74, 6) is 0.624. The number of nitrogens with zero attached hydrogens (tertiary/aromatic N) is 2. The maximum Gasteiger partial charge on any atom is 0.169 e. The van der Waals surface area contributed by atoms with E-state index < -0.39 is 0 Å². The lowest BCUT2D eigenvalue weighted by Crippen LogP contribution is -2.52. The number of nitrogens with one attached hydrogen (secondary N) is 1. The van der Waals surface area contributed by atoms with E-state index in [1.807, 2.05) is 0 Å². The molecule has 1 N–H and O–H groups in total. The topological polar surface area (TPSA) is 18.5 Å². The fourth-order valence-electron chi connectivity index (χ4n) is 2.63. The van der Waals surface area contributed by atoms with Crippen LogP contribution in [0, 0.1) is 19.8 Å². The van der Waals surface area contributed by atoms with Gasteiger partial charge in [0.1, 0.15) is 0 Å². The summed E-state index contributed by atoms with van der Waals surface area (Å²) in [4.78, 5) is 4.77. The molecule has 0 aliphatic carbocycles. The highest BCUT2D eigenvalue weighted by Gasteiger charge is 2.20.